The number of fused-ring (bicyclic) bond motifs is 12. The molecule has 0 N–H and O–H groups in total. The van der Waals surface area contributed by atoms with Crippen LogP contribution in [0.3, 0.4) is 0 Å². The van der Waals surface area contributed by atoms with E-state index in [0.29, 0.717) is 0 Å². The molecule has 0 aliphatic rings. The molecule has 4 heteroatoms. The molecular formula is C48H28N2OS. The zero-order chi connectivity index (χ0) is 33.9. The van der Waals surface area contributed by atoms with Crippen LogP contribution in [-0.4, -0.2) is 9.13 Å². The lowest BCUT2D eigenvalue weighted by Crippen LogP contribution is -1.94. The second-order valence-corrected chi connectivity index (χ2v) is 14.7. The molecule has 0 saturated heterocycles. The molecule has 0 fully saturated rings. The van der Waals surface area contributed by atoms with Crippen LogP contribution in [0.4, 0.5) is 0 Å². The zero-order valence-corrected chi connectivity index (χ0v) is 28.7. The quantitative estimate of drug-likeness (QED) is 0.182. The Kier molecular flexibility index (Phi) is 5.65. The van der Waals surface area contributed by atoms with Crippen LogP contribution < -0.4 is 0 Å². The second kappa shape index (κ2) is 10.5. The van der Waals surface area contributed by atoms with Crippen LogP contribution >= 0.6 is 11.3 Å². The Hall–Kier alpha value is -6.62. The number of rotatable bonds is 3. The van der Waals surface area contributed by atoms with E-state index in [2.05, 4.69) is 173 Å². The molecule has 0 bridgehead atoms. The minimum absolute atomic E-state index is 0.906. The standard InChI is InChI=1S/C48H28N2OS/c1-5-17-39-31(11-1)37-27-29(23-25-41(37)49(39)43-19-9-15-35-33-13-3-7-21-45(33)51-47(35)43)30-24-26-42-38(28-30)32-12-2-6-18-40(32)50(42)44-20-10-16-36-34-14-4-8-22-46(34)52-48(36)44/h1-28H. The summed E-state index contributed by atoms with van der Waals surface area (Å²) in [6, 6.07) is 61.7. The van der Waals surface area contributed by atoms with Gasteiger partial charge in [0, 0.05) is 47.8 Å². The number of nitrogens with zero attached hydrogens (tertiary/aromatic N) is 2. The van der Waals surface area contributed by atoms with Gasteiger partial charge in [0.05, 0.1) is 38.1 Å². The van der Waals surface area contributed by atoms with Gasteiger partial charge in [-0.25, -0.2) is 0 Å². The van der Waals surface area contributed by atoms with Crippen molar-refractivity contribution in [3.8, 4) is 22.5 Å². The fraction of sp³-hybridized carbons (Fsp3) is 0. The third-order valence-electron chi connectivity index (χ3n) is 10.9. The number of hydrogen-bond donors (Lipinski definition) is 0. The van der Waals surface area contributed by atoms with Gasteiger partial charge < -0.3 is 13.6 Å². The van der Waals surface area contributed by atoms with E-state index in [4.69, 9.17) is 4.42 Å². The first-order chi connectivity index (χ1) is 25.8. The molecule has 4 heterocycles. The van der Waals surface area contributed by atoms with Crippen molar-refractivity contribution in [1.82, 2.24) is 9.13 Å². The Morgan fingerprint density at radius 2 is 0.885 bits per heavy atom. The molecule has 0 spiro atoms. The molecule has 12 aromatic rings. The van der Waals surface area contributed by atoms with Gasteiger partial charge in [0.2, 0.25) is 0 Å². The molecule has 0 aliphatic carbocycles. The molecule has 8 aromatic carbocycles. The van der Waals surface area contributed by atoms with Crippen molar-refractivity contribution in [1.29, 1.82) is 0 Å². The summed E-state index contributed by atoms with van der Waals surface area (Å²) >= 11 is 1.88. The largest absolute Gasteiger partial charge is 0.454 e. The number of aromatic nitrogens is 2. The van der Waals surface area contributed by atoms with Crippen LogP contribution in [0.2, 0.25) is 0 Å². The van der Waals surface area contributed by atoms with Crippen LogP contribution in [0, 0.1) is 0 Å². The minimum Gasteiger partial charge on any atom is -0.454 e. The van der Waals surface area contributed by atoms with Crippen LogP contribution in [0.15, 0.2) is 174 Å². The molecule has 242 valence electrons. The van der Waals surface area contributed by atoms with Gasteiger partial charge in [-0.2, -0.15) is 0 Å². The third-order valence-corrected chi connectivity index (χ3v) is 12.1. The summed E-state index contributed by atoms with van der Waals surface area (Å²) < 4.78 is 14.0. The Balaban J connectivity index is 1.07. The van der Waals surface area contributed by atoms with E-state index in [9.17, 15) is 0 Å². The van der Waals surface area contributed by atoms with Crippen LogP contribution in [0.25, 0.3) is 108 Å². The van der Waals surface area contributed by atoms with Crippen molar-refractivity contribution >= 4 is 97.1 Å². The minimum atomic E-state index is 0.906. The van der Waals surface area contributed by atoms with E-state index >= 15 is 0 Å². The second-order valence-electron chi connectivity index (χ2n) is 13.7. The number of furan rings is 1. The summed E-state index contributed by atoms with van der Waals surface area (Å²) in [5.74, 6) is 0. The highest BCUT2D eigenvalue weighted by Gasteiger charge is 2.20. The van der Waals surface area contributed by atoms with Crippen molar-refractivity contribution in [3.63, 3.8) is 0 Å². The molecule has 0 atom stereocenters. The highest BCUT2D eigenvalue weighted by molar-refractivity contribution is 7.26. The molecule has 0 unspecified atom stereocenters. The molecular weight excluding hydrogens is 653 g/mol. The predicted molar refractivity (Wildman–Crippen MR) is 221 cm³/mol. The smallest absolute Gasteiger partial charge is 0.159 e. The van der Waals surface area contributed by atoms with Gasteiger partial charge in [-0.3, -0.25) is 0 Å². The Labute approximate surface area is 301 Å². The summed E-state index contributed by atoms with van der Waals surface area (Å²) in [5, 5.41) is 9.86. The molecule has 0 radical (unpaired) electrons. The van der Waals surface area contributed by atoms with E-state index in [0.717, 1.165) is 38.7 Å². The number of thiophene rings is 1. The summed E-state index contributed by atoms with van der Waals surface area (Å²) in [6.45, 7) is 0. The van der Waals surface area contributed by atoms with Gasteiger partial charge in [-0.15, -0.1) is 11.3 Å². The van der Waals surface area contributed by atoms with Gasteiger partial charge in [0.15, 0.2) is 5.58 Å². The third kappa shape index (κ3) is 3.79. The van der Waals surface area contributed by atoms with Crippen molar-refractivity contribution in [2.45, 2.75) is 0 Å². The highest BCUT2D eigenvalue weighted by Crippen LogP contribution is 2.43. The summed E-state index contributed by atoms with van der Waals surface area (Å²) in [4.78, 5) is 0. The van der Waals surface area contributed by atoms with Gasteiger partial charge in [-0.05, 0) is 71.8 Å². The molecule has 52 heavy (non-hydrogen) atoms. The molecule has 0 aliphatic heterocycles. The van der Waals surface area contributed by atoms with E-state index in [-0.39, 0.29) is 0 Å². The zero-order valence-electron chi connectivity index (χ0n) is 27.9. The lowest BCUT2D eigenvalue weighted by Gasteiger charge is -2.10. The highest BCUT2D eigenvalue weighted by atomic mass is 32.1. The van der Waals surface area contributed by atoms with Gasteiger partial charge >= 0.3 is 0 Å². The van der Waals surface area contributed by atoms with Gasteiger partial charge in [0.25, 0.3) is 0 Å². The van der Waals surface area contributed by atoms with Crippen LogP contribution in [0.1, 0.15) is 0 Å². The Morgan fingerprint density at radius 1 is 0.365 bits per heavy atom. The number of hydrogen-bond acceptors (Lipinski definition) is 2. The maximum Gasteiger partial charge on any atom is 0.159 e. The summed E-state index contributed by atoms with van der Waals surface area (Å²) in [6.07, 6.45) is 0. The normalized spacial score (nSPS) is 12.2. The van der Waals surface area contributed by atoms with Gasteiger partial charge in [0.1, 0.15) is 5.58 Å². The van der Waals surface area contributed by atoms with Crippen molar-refractivity contribution in [3.05, 3.63) is 170 Å². The molecule has 0 amide bonds. The lowest BCUT2D eigenvalue weighted by molar-refractivity contribution is 0.666. The van der Waals surface area contributed by atoms with E-state index < -0.39 is 0 Å². The maximum absolute atomic E-state index is 6.52. The van der Waals surface area contributed by atoms with Crippen LogP contribution in [-0.2, 0) is 0 Å². The molecule has 12 rings (SSSR count). The predicted octanol–water partition coefficient (Wildman–Crippen LogP) is 13.8. The van der Waals surface area contributed by atoms with Crippen molar-refractivity contribution < 1.29 is 4.42 Å². The van der Waals surface area contributed by atoms with Crippen molar-refractivity contribution in [2.75, 3.05) is 0 Å². The van der Waals surface area contributed by atoms with Crippen molar-refractivity contribution in [2.24, 2.45) is 0 Å². The van der Waals surface area contributed by atoms with E-state index in [1.807, 2.05) is 17.4 Å². The first-order valence-corrected chi connectivity index (χ1v) is 18.5. The van der Waals surface area contributed by atoms with E-state index in [1.54, 1.807) is 0 Å². The fourth-order valence-corrected chi connectivity index (χ4v) is 9.85. The molecule has 0 saturated carbocycles. The number of para-hydroxylation sites is 4. The number of benzene rings is 8. The average Bonchev–Trinajstić information content (AvgIpc) is 3.95. The van der Waals surface area contributed by atoms with Gasteiger partial charge in [-0.1, -0.05) is 109 Å². The SMILES string of the molecule is c1ccc2c(c1)oc1c(-n3c4ccccc4c4cc(-c5ccc6c(c5)c5ccccc5n6-c5cccc6c5sc5ccccc56)ccc43)cccc12. The Morgan fingerprint density at radius 3 is 1.60 bits per heavy atom. The summed E-state index contributed by atoms with van der Waals surface area (Å²) in [7, 11) is 0. The van der Waals surface area contributed by atoms with E-state index in [1.165, 1.54) is 69.6 Å². The molecule has 3 nitrogen and oxygen atoms in total. The monoisotopic (exact) mass is 680 g/mol. The fourth-order valence-electron chi connectivity index (χ4n) is 8.64. The Bertz CT molecular complexity index is 3200. The first-order valence-electron chi connectivity index (χ1n) is 17.7. The summed E-state index contributed by atoms with van der Waals surface area (Å²) in [5.41, 5.74) is 11.2. The lowest BCUT2D eigenvalue weighted by atomic mass is 10.0. The molecule has 4 aromatic heterocycles. The average molecular weight is 681 g/mol. The topological polar surface area (TPSA) is 23.0 Å². The maximum atomic E-state index is 6.52. The first kappa shape index (κ1) is 28.1. The van der Waals surface area contributed by atoms with Crippen LogP contribution in [0.5, 0.6) is 0 Å².